The molecular weight excluding hydrogens is 116 g/mol. The average molecular weight is 126 g/mol. The van der Waals surface area contributed by atoms with Crippen molar-refractivity contribution in [1.29, 1.82) is 0 Å². The summed E-state index contributed by atoms with van der Waals surface area (Å²) in [6.45, 7) is 2.21. The second kappa shape index (κ2) is 2.49. The molecular formula is C2H10N2O2S. The molecule has 46 valence electrons. The molecule has 0 rings (SSSR count). The van der Waals surface area contributed by atoms with Crippen molar-refractivity contribution in [2.45, 2.75) is 6.92 Å². The molecule has 0 aliphatic rings. The molecule has 0 aromatic rings. The molecule has 0 aromatic heterocycles. The predicted molar refractivity (Wildman–Crippen MR) is 30.7 cm³/mol. The second-order valence-corrected chi connectivity index (χ2v) is 2.57. The van der Waals surface area contributed by atoms with Crippen LogP contribution in [0.2, 0.25) is 0 Å². The van der Waals surface area contributed by atoms with Crippen LogP contribution in [-0.2, 0) is 0 Å². The maximum Gasteiger partial charge on any atom is 0.0132 e. The molecule has 0 amide bonds. The van der Waals surface area contributed by atoms with Crippen molar-refractivity contribution in [2.24, 2.45) is 5.14 Å². The van der Waals surface area contributed by atoms with E-state index in [1.165, 1.54) is 0 Å². The van der Waals surface area contributed by atoms with Gasteiger partial charge in [0.05, 0.1) is 0 Å². The first kappa shape index (κ1) is 7.19. The van der Waals surface area contributed by atoms with E-state index in [0.29, 0.717) is 6.54 Å². The molecule has 0 heterocycles. The Labute approximate surface area is 44.3 Å². The number of hydrogen-bond donors (Lipinski definition) is 4. The number of hydrogen-bond acceptors (Lipinski definition) is 4. The fourth-order valence-corrected chi connectivity index (χ4v) is 0.637. The van der Waals surface area contributed by atoms with Crippen LogP contribution in [0.3, 0.4) is 0 Å². The normalized spacial score (nSPS) is 14.3. The van der Waals surface area contributed by atoms with Gasteiger partial charge in [0.2, 0.25) is 0 Å². The van der Waals surface area contributed by atoms with Crippen LogP contribution >= 0.6 is 11.0 Å². The van der Waals surface area contributed by atoms with E-state index in [4.69, 9.17) is 14.2 Å². The Morgan fingerprint density at radius 2 is 2.14 bits per heavy atom. The van der Waals surface area contributed by atoms with Gasteiger partial charge >= 0.3 is 0 Å². The van der Waals surface area contributed by atoms with Gasteiger partial charge in [0.25, 0.3) is 0 Å². The minimum atomic E-state index is -2.92. The first-order chi connectivity index (χ1) is 3.06. The van der Waals surface area contributed by atoms with Crippen LogP contribution in [0.25, 0.3) is 0 Å². The molecule has 0 atom stereocenters. The van der Waals surface area contributed by atoms with E-state index >= 15 is 0 Å². The standard InChI is InChI=1S/C2H10N2O2S/c1-2-4-7(3,5)6/h4-6H,2-3H2,1H3. The van der Waals surface area contributed by atoms with Gasteiger partial charge in [-0.15, -0.1) is 0 Å². The van der Waals surface area contributed by atoms with Crippen molar-refractivity contribution in [3.05, 3.63) is 0 Å². The van der Waals surface area contributed by atoms with E-state index in [1.807, 2.05) is 0 Å². The first-order valence-electron chi connectivity index (χ1n) is 1.87. The van der Waals surface area contributed by atoms with Crippen LogP contribution in [0.1, 0.15) is 6.92 Å². The van der Waals surface area contributed by atoms with Gasteiger partial charge in [-0.05, 0) is 0 Å². The summed E-state index contributed by atoms with van der Waals surface area (Å²) in [7, 11) is -2.92. The maximum atomic E-state index is 8.32. The van der Waals surface area contributed by atoms with Crippen LogP contribution in [0, 0.1) is 0 Å². The molecule has 0 aliphatic carbocycles. The molecule has 0 fully saturated rings. The first-order valence-corrected chi connectivity index (χ1v) is 3.48. The Bertz CT molecular complexity index is 52.1. The lowest BCUT2D eigenvalue weighted by molar-refractivity contribution is 0.474. The lowest BCUT2D eigenvalue weighted by atomic mass is 10.8. The molecule has 0 saturated heterocycles. The number of nitrogens with one attached hydrogen (secondary N) is 1. The largest absolute Gasteiger partial charge is 0.273 e. The molecule has 5 N–H and O–H groups in total. The van der Waals surface area contributed by atoms with Crippen molar-refractivity contribution in [2.75, 3.05) is 6.54 Å². The van der Waals surface area contributed by atoms with E-state index in [0.717, 1.165) is 0 Å². The Morgan fingerprint density at radius 3 is 2.14 bits per heavy atom. The zero-order valence-electron chi connectivity index (χ0n) is 4.09. The average Bonchev–Trinajstić information content (AvgIpc) is 1.30. The molecule has 0 aliphatic heterocycles. The smallest absolute Gasteiger partial charge is 0.0132 e. The highest BCUT2D eigenvalue weighted by Gasteiger charge is 1.96. The van der Waals surface area contributed by atoms with E-state index in [2.05, 4.69) is 4.72 Å². The van der Waals surface area contributed by atoms with Crippen molar-refractivity contribution >= 4 is 11.0 Å². The monoisotopic (exact) mass is 126 g/mol. The third-order valence-corrected chi connectivity index (χ3v) is 1.07. The van der Waals surface area contributed by atoms with Gasteiger partial charge in [-0.25, -0.2) is 9.86 Å². The lowest BCUT2D eigenvalue weighted by Gasteiger charge is -2.25. The van der Waals surface area contributed by atoms with E-state index < -0.39 is 11.0 Å². The topological polar surface area (TPSA) is 78.5 Å². The predicted octanol–water partition coefficient (Wildman–Crippen LogP) is 0.135. The third-order valence-electron chi connectivity index (χ3n) is 0.357. The molecule has 5 heteroatoms. The third kappa shape index (κ3) is 6.19. The lowest BCUT2D eigenvalue weighted by Crippen LogP contribution is -2.25. The molecule has 0 spiro atoms. The summed E-state index contributed by atoms with van der Waals surface area (Å²) in [6, 6.07) is 0. The van der Waals surface area contributed by atoms with Crippen LogP contribution in [-0.4, -0.2) is 15.7 Å². The van der Waals surface area contributed by atoms with Gasteiger partial charge < -0.3 is 0 Å². The Balaban J connectivity index is 3.15. The molecule has 0 radical (unpaired) electrons. The van der Waals surface area contributed by atoms with E-state index in [-0.39, 0.29) is 0 Å². The molecule has 7 heavy (non-hydrogen) atoms. The summed E-state index contributed by atoms with van der Waals surface area (Å²) in [5.41, 5.74) is 0. The fraction of sp³-hybridized carbons (Fsp3) is 1.00. The summed E-state index contributed by atoms with van der Waals surface area (Å²) in [5, 5.41) is 4.73. The SMILES string of the molecule is CCNS(N)(O)O. The molecule has 4 nitrogen and oxygen atoms in total. The Kier molecular flexibility index (Phi) is 2.55. The molecule has 0 saturated carbocycles. The van der Waals surface area contributed by atoms with Crippen LogP contribution < -0.4 is 9.86 Å². The Hall–Kier alpha value is 0.190. The van der Waals surface area contributed by atoms with Gasteiger partial charge in [0.1, 0.15) is 0 Å². The van der Waals surface area contributed by atoms with E-state index in [1.54, 1.807) is 6.92 Å². The summed E-state index contributed by atoms with van der Waals surface area (Å²) in [6.07, 6.45) is 0. The van der Waals surface area contributed by atoms with Gasteiger partial charge in [0, 0.05) is 6.54 Å². The highest BCUT2D eigenvalue weighted by Crippen LogP contribution is 2.19. The Morgan fingerprint density at radius 1 is 1.71 bits per heavy atom. The van der Waals surface area contributed by atoms with Crippen LogP contribution in [0.4, 0.5) is 0 Å². The zero-order valence-corrected chi connectivity index (χ0v) is 4.90. The summed E-state index contributed by atoms with van der Waals surface area (Å²) < 4.78 is 18.9. The van der Waals surface area contributed by atoms with Crippen molar-refractivity contribution in [1.82, 2.24) is 4.72 Å². The molecule has 0 aromatic carbocycles. The minimum absolute atomic E-state index is 0.471. The summed E-state index contributed by atoms with van der Waals surface area (Å²) >= 11 is 0. The number of nitrogens with two attached hydrogens (primary N) is 1. The van der Waals surface area contributed by atoms with Crippen molar-refractivity contribution in [3.63, 3.8) is 0 Å². The zero-order chi connectivity index (χ0) is 5.91. The molecule has 0 unspecified atom stereocenters. The van der Waals surface area contributed by atoms with Crippen molar-refractivity contribution in [3.8, 4) is 0 Å². The van der Waals surface area contributed by atoms with E-state index in [9.17, 15) is 0 Å². The quantitative estimate of drug-likeness (QED) is 0.424. The minimum Gasteiger partial charge on any atom is -0.273 e. The summed E-state index contributed by atoms with van der Waals surface area (Å²) in [5.74, 6) is 0. The number of rotatable bonds is 2. The second-order valence-electron chi connectivity index (χ2n) is 1.09. The van der Waals surface area contributed by atoms with Gasteiger partial charge in [-0.3, -0.25) is 9.11 Å². The summed E-state index contributed by atoms with van der Waals surface area (Å²) in [4.78, 5) is 0. The van der Waals surface area contributed by atoms with Gasteiger partial charge in [-0.1, -0.05) is 17.9 Å². The highest BCUT2D eigenvalue weighted by atomic mass is 32.3. The van der Waals surface area contributed by atoms with Gasteiger partial charge in [0.15, 0.2) is 0 Å². The molecule has 0 bridgehead atoms. The highest BCUT2D eigenvalue weighted by molar-refractivity contribution is 8.20. The fourth-order valence-electron chi connectivity index (χ4n) is 0.212. The van der Waals surface area contributed by atoms with Crippen molar-refractivity contribution < 1.29 is 9.11 Å². The van der Waals surface area contributed by atoms with Gasteiger partial charge in [-0.2, -0.15) is 0 Å². The van der Waals surface area contributed by atoms with Crippen LogP contribution in [0.5, 0.6) is 0 Å². The maximum absolute atomic E-state index is 8.32. The van der Waals surface area contributed by atoms with Crippen LogP contribution in [0.15, 0.2) is 0 Å².